The topological polar surface area (TPSA) is 52.7 Å². The fourth-order valence-electron chi connectivity index (χ4n) is 2.43. The van der Waals surface area contributed by atoms with Crippen LogP contribution in [0.3, 0.4) is 0 Å². The van der Waals surface area contributed by atoms with Crippen LogP contribution in [0.25, 0.3) is 0 Å². The van der Waals surface area contributed by atoms with Crippen LogP contribution in [0.5, 0.6) is 0 Å². The number of carbonyl (C=O) groups excluding carboxylic acids is 1. The van der Waals surface area contributed by atoms with Crippen LogP contribution in [0.15, 0.2) is 0 Å². The summed E-state index contributed by atoms with van der Waals surface area (Å²) in [4.78, 5) is 10.7. The third-order valence-electron chi connectivity index (χ3n) is 4.05. The summed E-state index contributed by atoms with van der Waals surface area (Å²) in [6.45, 7) is 5.62. The number of hydrogen-bond donors (Lipinski definition) is 1. The monoisotopic (exact) mass is 401 g/mol. The first-order valence-corrected chi connectivity index (χ1v) is 11.4. The molecule has 0 rings (SSSR count). The molecular formula is C16H34Cl2N3O2P. The fraction of sp³-hybridized carbons (Fsp3) is 0.938. The van der Waals surface area contributed by atoms with Crippen molar-refractivity contribution in [3.8, 4) is 0 Å². The van der Waals surface area contributed by atoms with Crippen LogP contribution < -0.4 is 5.09 Å². The van der Waals surface area contributed by atoms with Crippen LogP contribution in [0, 0.1) is 0 Å². The third-order valence-corrected chi connectivity index (χ3v) is 7.21. The van der Waals surface area contributed by atoms with Crippen LogP contribution in [0.2, 0.25) is 0 Å². The quantitative estimate of drug-likeness (QED) is 0.251. The minimum atomic E-state index is -3.21. The molecule has 0 saturated heterocycles. The second kappa shape index (κ2) is 13.4. The van der Waals surface area contributed by atoms with Crippen LogP contribution >= 0.6 is 30.8 Å². The van der Waals surface area contributed by atoms with Gasteiger partial charge in [0.25, 0.3) is 5.91 Å². The summed E-state index contributed by atoms with van der Waals surface area (Å²) in [5, 5.41) is 2.58. The molecule has 0 atom stereocenters. The van der Waals surface area contributed by atoms with Crippen LogP contribution in [0.4, 0.5) is 0 Å². The molecule has 1 amide bonds. The van der Waals surface area contributed by atoms with Gasteiger partial charge in [0.15, 0.2) is 4.84 Å². The van der Waals surface area contributed by atoms with E-state index in [4.69, 9.17) is 23.2 Å². The molecule has 5 nitrogen and oxygen atoms in total. The van der Waals surface area contributed by atoms with E-state index in [-0.39, 0.29) is 0 Å². The van der Waals surface area contributed by atoms with Crippen molar-refractivity contribution >= 4 is 36.7 Å². The first kappa shape index (κ1) is 24.2. The highest BCUT2D eigenvalue weighted by molar-refractivity contribution is 7.57. The normalized spacial score (nSPS) is 12.4. The molecule has 8 heteroatoms. The van der Waals surface area contributed by atoms with Crippen molar-refractivity contribution < 1.29 is 9.36 Å². The van der Waals surface area contributed by atoms with E-state index in [1.807, 2.05) is 0 Å². The van der Waals surface area contributed by atoms with Crippen LogP contribution in [-0.4, -0.2) is 47.3 Å². The Balaban J connectivity index is 4.85. The van der Waals surface area contributed by atoms with Gasteiger partial charge >= 0.3 is 7.59 Å². The average molecular weight is 402 g/mol. The van der Waals surface area contributed by atoms with Crippen molar-refractivity contribution in [3.63, 3.8) is 0 Å². The van der Waals surface area contributed by atoms with Crippen molar-refractivity contribution in [2.75, 3.05) is 27.2 Å². The van der Waals surface area contributed by atoms with E-state index < -0.39 is 18.3 Å². The molecule has 0 saturated carbocycles. The van der Waals surface area contributed by atoms with E-state index in [1.165, 1.54) is 0 Å². The molecule has 0 aromatic carbocycles. The zero-order valence-electron chi connectivity index (χ0n) is 15.6. The lowest BCUT2D eigenvalue weighted by atomic mass is 10.2. The summed E-state index contributed by atoms with van der Waals surface area (Å²) in [6.07, 6.45) is 8.67. The van der Waals surface area contributed by atoms with Gasteiger partial charge in [0, 0.05) is 13.1 Å². The van der Waals surface area contributed by atoms with Gasteiger partial charge in [-0.25, -0.2) is 9.34 Å². The Kier molecular flexibility index (Phi) is 13.5. The smallest absolute Gasteiger partial charge is 0.280 e. The Morgan fingerprint density at radius 2 is 1.33 bits per heavy atom. The largest absolute Gasteiger partial charge is 0.310 e. The zero-order chi connectivity index (χ0) is 18.6. The van der Waals surface area contributed by atoms with E-state index in [9.17, 15) is 9.36 Å². The fourth-order valence-corrected chi connectivity index (χ4v) is 4.79. The van der Waals surface area contributed by atoms with Gasteiger partial charge in [0.05, 0.1) is 0 Å². The van der Waals surface area contributed by atoms with Crippen LogP contribution in [-0.2, 0) is 9.36 Å². The third kappa shape index (κ3) is 9.05. The highest BCUT2D eigenvalue weighted by atomic mass is 35.5. The second-order valence-corrected chi connectivity index (χ2v) is 9.98. The van der Waals surface area contributed by atoms with Gasteiger partial charge in [-0.1, -0.05) is 75.6 Å². The highest BCUT2D eigenvalue weighted by Gasteiger charge is 2.35. The van der Waals surface area contributed by atoms with Gasteiger partial charge < -0.3 is 0 Å². The molecule has 24 heavy (non-hydrogen) atoms. The van der Waals surface area contributed by atoms with Crippen molar-refractivity contribution in [1.82, 2.24) is 14.4 Å². The number of nitrogens with zero attached hydrogens (tertiary/aromatic N) is 2. The molecule has 0 aromatic rings. The molecule has 0 aliphatic carbocycles. The van der Waals surface area contributed by atoms with Crippen molar-refractivity contribution in [1.29, 1.82) is 0 Å². The number of alkyl halides is 2. The minimum Gasteiger partial charge on any atom is -0.280 e. The first-order valence-electron chi connectivity index (χ1n) is 8.93. The number of nitrogens with one attached hydrogen (secondary N) is 1. The average Bonchev–Trinajstić information content (AvgIpc) is 2.54. The van der Waals surface area contributed by atoms with Crippen molar-refractivity contribution in [2.45, 2.75) is 70.1 Å². The number of unbranched alkanes of at least 4 members (excludes halogenated alkanes) is 6. The van der Waals surface area contributed by atoms with E-state index in [2.05, 4.69) is 18.9 Å². The maximum Gasteiger partial charge on any atom is 0.310 e. The predicted octanol–water partition coefficient (Wildman–Crippen LogP) is 5.04. The van der Waals surface area contributed by atoms with Gasteiger partial charge in [0.1, 0.15) is 0 Å². The molecule has 0 radical (unpaired) electrons. The molecule has 0 fully saturated rings. The molecule has 0 heterocycles. The Labute approximate surface area is 158 Å². The molecule has 0 aromatic heterocycles. The summed E-state index contributed by atoms with van der Waals surface area (Å²) in [7, 11) is 0.359. The lowest BCUT2D eigenvalue weighted by molar-refractivity contribution is -0.117. The number of halogens is 2. The number of hydrogen-bond acceptors (Lipinski definition) is 2. The Morgan fingerprint density at radius 1 is 0.917 bits per heavy atom. The Bertz CT molecular complexity index is 376. The first-order chi connectivity index (χ1) is 11.3. The molecular weight excluding hydrogens is 368 g/mol. The molecule has 144 valence electrons. The zero-order valence-corrected chi connectivity index (χ0v) is 18.0. The van der Waals surface area contributed by atoms with Gasteiger partial charge in [0.2, 0.25) is 0 Å². The van der Waals surface area contributed by atoms with Gasteiger partial charge in [-0.2, -0.15) is 0 Å². The number of carbonyl (C=O) groups is 1. The summed E-state index contributed by atoms with van der Waals surface area (Å²) in [6, 6.07) is 0. The van der Waals surface area contributed by atoms with E-state index >= 15 is 0 Å². The molecule has 0 spiro atoms. The van der Waals surface area contributed by atoms with Crippen LogP contribution in [0.1, 0.15) is 65.2 Å². The van der Waals surface area contributed by atoms with Gasteiger partial charge in [-0.3, -0.25) is 14.4 Å². The van der Waals surface area contributed by atoms with Crippen molar-refractivity contribution in [2.24, 2.45) is 0 Å². The summed E-state index contributed by atoms with van der Waals surface area (Å²) < 4.78 is 17.0. The number of rotatable bonds is 14. The number of amides is 1. The van der Waals surface area contributed by atoms with E-state index in [0.717, 1.165) is 51.4 Å². The SMILES string of the molecule is CCCCCCN(C)P(=O)(NC(=O)C(Cl)Cl)N(C)CCCCCC. The predicted molar refractivity (Wildman–Crippen MR) is 105 cm³/mol. The minimum absolute atomic E-state index is 0.609. The highest BCUT2D eigenvalue weighted by Crippen LogP contribution is 2.47. The van der Waals surface area contributed by atoms with Gasteiger partial charge in [-0.15, -0.1) is 0 Å². The summed E-state index contributed by atoms with van der Waals surface area (Å²) >= 11 is 11.3. The van der Waals surface area contributed by atoms with E-state index in [1.54, 1.807) is 23.4 Å². The summed E-state index contributed by atoms with van der Waals surface area (Å²) in [5.41, 5.74) is 0. The second-order valence-electron chi connectivity index (χ2n) is 6.20. The van der Waals surface area contributed by atoms with Gasteiger partial charge in [-0.05, 0) is 26.9 Å². The molecule has 0 bridgehead atoms. The van der Waals surface area contributed by atoms with E-state index in [0.29, 0.717) is 13.1 Å². The lowest BCUT2D eigenvalue weighted by Gasteiger charge is -2.35. The molecule has 0 unspecified atom stereocenters. The lowest BCUT2D eigenvalue weighted by Crippen LogP contribution is -2.40. The summed E-state index contributed by atoms with van der Waals surface area (Å²) in [5.74, 6) is -0.609. The maximum absolute atomic E-state index is 13.5. The Morgan fingerprint density at radius 3 is 1.67 bits per heavy atom. The van der Waals surface area contributed by atoms with Crippen molar-refractivity contribution in [3.05, 3.63) is 0 Å². The molecule has 1 N–H and O–H groups in total. The standard InChI is InChI=1S/C16H34Cl2N3O2P/c1-5-7-9-11-13-20(3)24(23,19-16(22)15(17)18)21(4)14-12-10-8-6-2/h15H,5-14H2,1-4H3,(H,19,22,23). The maximum atomic E-state index is 13.5. The molecule has 0 aliphatic heterocycles. The molecule has 0 aliphatic rings. The Hall–Kier alpha value is 0.200.